The Hall–Kier alpha value is -2.27. The summed E-state index contributed by atoms with van der Waals surface area (Å²) < 4.78 is 0. The van der Waals surface area contributed by atoms with Crippen LogP contribution >= 0.6 is 11.8 Å². The van der Waals surface area contributed by atoms with Crippen molar-refractivity contribution in [3.05, 3.63) is 59.7 Å². The zero-order valence-electron chi connectivity index (χ0n) is 13.5. The highest BCUT2D eigenvalue weighted by molar-refractivity contribution is 8.01. The van der Waals surface area contributed by atoms with E-state index in [1.807, 2.05) is 30.3 Å². The minimum atomic E-state index is -0.376. The van der Waals surface area contributed by atoms with Crippen LogP contribution in [0.4, 0.5) is 5.69 Å². The van der Waals surface area contributed by atoms with Crippen molar-refractivity contribution in [1.82, 2.24) is 5.32 Å². The van der Waals surface area contributed by atoms with Crippen molar-refractivity contribution in [2.75, 3.05) is 11.9 Å². The summed E-state index contributed by atoms with van der Waals surface area (Å²) in [6.07, 6.45) is 0.985. The predicted molar refractivity (Wildman–Crippen MR) is 97.2 cm³/mol. The monoisotopic (exact) mass is 340 g/mol. The molecule has 2 aromatic carbocycles. The molecule has 0 fully saturated rings. The summed E-state index contributed by atoms with van der Waals surface area (Å²) in [7, 11) is 0. The molecule has 24 heavy (non-hydrogen) atoms. The normalized spacial score (nSPS) is 16.2. The number of fused-ring (bicyclic) bond motifs is 1. The van der Waals surface area contributed by atoms with Gasteiger partial charge in [-0.3, -0.25) is 9.59 Å². The number of amides is 2. The number of carbonyl (C=O) groups is 2. The van der Waals surface area contributed by atoms with Gasteiger partial charge in [-0.15, -0.1) is 11.8 Å². The van der Waals surface area contributed by atoms with Crippen LogP contribution in [0.25, 0.3) is 0 Å². The van der Waals surface area contributed by atoms with Crippen LogP contribution in [0.1, 0.15) is 17.5 Å². The molecule has 0 aromatic heterocycles. The van der Waals surface area contributed by atoms with Gasteiger partial charge in [0.1, 0.15) is 0 Å². The molecule has 2 aromatic rings. The average Bonchev–Trinajstić information content (AvgIpc) is 2.55. The quantitative estimate of drug-likeness (QED) is 0.879. The van der Waals surface area contributed by atoms with Gasteiger partial charge < -0.3 is 10.6 Å². The van der Waals surface area contributed by atoms with Crippen LogP contribution < -0.4 is 10.6 Å². The number of hydrogen-bond acceptors (Lipinski definition) is 3. The minimum absolute atomic E-state index is 0.0883. The largest absolute Gasteiger partial charge is 0.356 e. The fourth-order valence-corrected chi connectivity index (χ4v) is 3.79. The first-order chi connectivity index (χ1) is 11.6. The number of hydrogen-bond donors (Lipinski definition) is 2. The van der Waals surface area contributed by atoms with E-state index >= 15 is 0 Å². The van der Waals surface area contributed by atoms with Crippen LogP contribution in [0.15, 0.2) is 53.4 Å². The second kappa shape index (κ2) is 7.53. The minimum Gasteiger partial charge on any atom is -0.356 e. The number of aryl methyl sites for hydroxylation is 1. The van der Waals surface area contributed by atoms with Gasteiger partial charge in [0.2, 0.25) is 11.8 Å². The second-order valence-corrected chi connectivity index (χ2v) is 7.13. The summed E-state index contributed by atoms with van der Waals surface area (Å²) in [5, 5.41) is 5.40. The summed E-state index contributed by atoms with van der Waals surface area (Å²) in [6.45, 7) is 2.64. The molecule has 0 saturated carbocycles. The standard InChI is InChI=1S/C19H20N2O2S/c1-13-5-4-6-14(11-13)9-10-20-18(22)12-17-19(23)21-15-7-2-3-8-16(15)24-17/h2-8,11,17H,9-10,12H2,1H3,(H,20,22)(H,21,23)/t17-/m1/s1. The van der Waals surface area contributed by atoms with Crippen molar-refractivity contribution >= 4 is 29.3 Å². The summed E-state index contributed by atoms with van der Waals surface area (Å²) in [5.74, 6) is -0.192. The summed E-state index contributed by atoms with van der Waals surface area (Å²) in [6, 6.07) is 15.9. The van der Waals surface area contributed by atoms with E-state index < -0.39 is 0 Å². The van der Waals surface area contributed by atoms with Gasteiger partial charge in [0.25, 0.3) is 0 Å². The van der Waals surface area contributed by atoms with Crippen molar-refractivity contribution in [1.29, 1.82) is 0 Å². The van der Waals surface area contributed by atoms with E-state index in [4.69, 9.17) is 0 Å². The highest BCUT2D eigenvalue weighted by atomic mass is 32.2. The predicted octanol–water partition coefficient (Wildman–Crippen LogP) is 3.16. The first-order valence-electron chi connectivity index (χ1n) is 8.00. The summed E-state index contributed by atoms with van der Waals surface area (Å²) in [5.41, 5.74) is 3.24. The number of thioether (sulfide) groups is 1. The fraction of sp³-hybridized carbons (Fsp3) is 0.263. The lowest BCUT2D eigenvalue weighted by Gasteiger charge is -2.23. The van der Waals surface area contributed by atoms with Crippen molar-refractivity contribution in [3.63, 3.8) is 0 Å². The van der Waals surface area contributed by atoms with E-state index in [9.17, 15) is 9.59 Å². The average molecular weight is 340 g/mol. The van der Waals surface area contributed by atoms with Gasteiger partial charge in [-0.25, -0.2) is 0 Å². The molecular formula is C19H20N2O2S. The molecule has 5 heteroatoms. The Morgan fingerprint density at radius 2 is 2.04 bits per heavy atom. The van der Waals surface area contributed by atoms with Gasteiger partial charge in [0.05, 0.1) is 10.9 Å². The van der Waals surface area contributed by atoms with Crippen LogP contribution in [0.5, 0.6) is 0 Å². The number of anilines is 1. The van der Waals surface area contributed by atoms with Crippen LogP contribution in [0, 0.1) is 6.92 Å². The lowest BCUT2D eigenvalue weighted by Crippen LogP contribution is -2.35. The Balaban J connectivity index is 1.49. The molecule has 0 saturated heterocycles. The van der Waals surface area contributed by atoms with Gasteiger partial charge in [0, 0.05) is 17.9 Å². The fourth-order valence-electron chi connectivity index (χ4n) is 2.68. The first-order valence-corrected chi connectivity index (χ1v) is 8.88. The molecule has 0 aliphatic carbocycles. The summed E-state index contributed by atoms with van der Waals surface area (Å²) in [4.78, 5) is 25.2. The van der Waals surface area contributed by atoms with Crippen LogP contribution in [0.2, 0.25) is 0 Å². The van der Waals surface area contributed by atoms with Crippen LogP contribution in [-0.2, 0) is 16.0 Å². The number of benzene rings is 2. The Morgan fingerprint density at radius 3 is 2.88 bits per heavy atom. The topological polar surface area (TPSA) is 58.2 Å². The van der Waals surface area contributed by atoms with E-state index in [1.165, 1.54) is 22.9 Å². The number of carbonyl (C=O) groups excluding carboxylic acids is 2. The molecule has 0 unspecified atom stereocenters. The Kier molecular flexibility index (Phi) is 5.20. The smallest absolute Gasteiger partial charge is 0.238 e. The van der Waals surface area contributed by atoms with Crippen LogP contribution in [-0.4, -0.2) is 23.6 Å². The number of rotatable bonds is 5. The molecule has 1 atom stereocenters. The van der Waals surface area contributed by atoms with Crippen molar-refractivity contribution in [2.24, 2.45) is 0 Å². The Morgan fingerprint density at radius 1 is 1.21 bits per heavy atom. The molecule has 1 heterocycles. The third-order valence-corrected chi connectivity index (χ3v) is 5.17. The molecule has 1 aliphatic rings. The maximum atomic E-state index is 12.1. The summed E-state index contributed by atoms with van der Waals surface area (Å²) >= 11 is 1.45. The van der Waals surface area contributed by atoms with Gasteiger partial charge in [0.15, 0.2) is 0 Å². The van der Waals surface area contributed by atoms with E-state index in [0.29, 0.717) is 6.54 Å². The van der Waals surface area contributed by atoms with Gasteiger partial charge in [-0.1, -0.05) is 42.0 Å². The Labute approximate surface area is 146 Å². The number of para-hydroxylation sites is 1. The van der Waals surface area contributed by atoms with Gasteiger partial charge >= 0.3 is 0 Å². The molecule has 0 spiro atoms. The second-order valence-electron chi connectivity index (χ2n) is 5.89. The zero-order valence-corrected chi connectivity index (χ0v) is 14.4. The van der Waals surface area contributed by atoms with E-state index in [0.717, 1.165) is 17.0 Å². The van der Waals surface area contributed by atoms with E-state index in [2.05, 4.69) is 35.8 Å². The molecule has 0 bridgehead atoms. The molecule has 1 aliphatic heterocycles. The molecular weight excluding hydrogens is 320 g/mol. The van der Waals surface area contributed by atoms with Crippen molar-refractivity contribution in [2.45, 2.75) is 29.9 Å². The maximum absolute atomic E-state index is 12.1. The Bertz CT molecular complexity index is 761. The molecule has 3 rings (SSSR count). The van der Waals surface area contributed by atoms with Gasteiger partial charge in [-0.2, -0.15) is 0 Å². The highest BCUT2D eigenvalue weighted by Gasteiger charge is 2.28. The third kappa shape index (κ3) is 4.17. The molecule has 0 radical (unpaired) electrons. The van der Waals surface area contributed by atoms with E-state index in [-0.39, 0.29) is 23.5 Å². The zero-order chi connectivity index (χ0) is 16.9. The van der Waals surface area contributed by atoms with Crippen molar-refractivity contribution < 1.29 is 9.59 Å². The lowest BCUT2D eigenvalue weighted by atomic mass is 10.1. The molecule has 2 amide bonds. The SMILES string of the molecule is Cc1cccc(CCNC(=O)C[C@H]2Sc3ccccc3NC2=O)c1. The van der Waals surface area contributed by atoms with Crippen LogP contribution in [0.3, 0.4) is 0 Å². The third-order valence-electron chi connectivity index (χ3n) is 3.90. The van der Waals surface area contributed by atoms with E-state index in [1.54, 1.807) is 0 Å². The van der Waals surface area contributed by atoms with Crippen molar-refractivity contribution in [3.8, 4) is 0 Å². The first kappa shape index (κ1) is 16.6. The lowest BCUT2D eigenvalue weighted by molar-refractivity contribution is -0.124. The molecule has 124 valence electrons. The highest BCUT2D eigenvalue weighted by Crippen LogP contribution is 2.36. The molecule has 2 N–H and O–H groups in total. The maximum Gasteiger partial charge on any atom is 0.238 e. The number of nitrogens with one attached hydrogen (secondary N) is 2. The molecule has 4 nitrogen and oxygen atoms in total. The van der Waals surface area contributed by atoms with Gasteiger partial charge in [-0.05, 0) is 31.0 Å².